The Morgan fingerprint density at radius 2 is 1.85 bits per heavy atom. The quantitative estimate of drug-likeness (QED) is 0.277. The minimum atomic E-state index is 0.0368. The largest absolute Gasteiger partial charge is 0.411 e. The number of pyridine rings is 1. The van der Waals surface area contributed by atoms with Crippen LogP contribution in [0.5, 0.6) is 0 Å². The van der Waals surface area contributed by atoms with Gasteiger partial charge in [-0.15, -0.1) is 0 Å². The summed E-state index contributed by atoms with van der Waals surface area (Å²) < 4.78 is 1.03. The molecule has 0 fully saturated rings. The van der Waals surface area contributed by atoms with Crippen molar-refractivity contribution in [2.45, 2.75) is 26.2 Å². The molecule has 1 N–H and O–H groups in total. The Morgan fingerprint density at radius 3 is 2.48 bits per heavy atom. The van der Waals surface area contributed by atoms with Gasteiger partial charge in [-0.25, -0.2) is 0 Å². The van der Waals surface area contributed by atoms with Crippen molar-refractivity contribution >= 4 is 33.2 Å². The lowest BCUT2D eigenvalue weighted by Gasteiger charge is -2.21. The highest BCUT2D eigenvalue weighted by molar-refractivity contribution is 9.10. The number of rotatable bonds is 5. The molecule has 1 atom stereocenters. The summed E-state index contributed by atoms with van der Waals surface area (Å²) in [5, 5.41) is 14.0. The Labute approximate surface area is 172 Å². The van der Waals surface area contributed by atoms with Crippen molar-refractivity contribution in [1.29, 1.82) is 0 Å². The smallest absolute Gasteiger partial charge is 0.0878 e. The molecule has 1 unspecified atom stereocenters. The average molecular weight is 444 g/mol. The van der Waals surface area contributed by atoms with E-state index in [-0.39, 0.29) is 5.92 Å². The molecule has 0 aliphatic heterocycles. The second-order valence-corrected chi connectivity index (χ2v) is 7.89. The predicted molar refractivity (Wildman–Crippen MR) is 114 cm³/mol. The summed E-state index contributed by atoms with van der Waals surface area (Å²) in [6.45, 7) is 3.98. The van der Waals surface area contributed by atoms with Gasteiger partial charge in [-0.2, -0.15) is 0 Å². The number of hydrogen-bond acceptors (Lipinski definition) is 3. The first-order valence-electron chi connectivity index (χ1n) is 8.63. The maximum atomic E-state index is 9.71. The van der Waals surface area contributed by atoms with E-state index in [0.717, 1.165) is 32.4 Å². The van der Waals surface area contributed by atoms with E-state index >= 15 is 0 Å². The van der Waals surface area contributed by atoms with Crippen LogP contribution in [0.4, 0.5) is 0 Å². The second-order valence-electron chi connectivity index (χ2n) is 6.54. The van der Waals surface area contributed by atoms with Gasteiger partial charge in [0.05, 0.1) is 5.71 Å². The highest BCUT2D eigenvalue weighted by Crippen LogP contribution is 2.33. The van der Waals surface area contributed by atoms with Crippen LogP contribution in [0.15, 0.2) is 70.4 Å². The zero-order valence-corrected chi connectivity index (χ0v) is 17.5. The van der Waals surface area contributed by atoms with E-state index in [1.165, 1.54) is 0 Å². The fraction of sp³-hybridized carbons (Fsp3) is 0.182. The van der Waals surface area contributed by atoms with Gasteiger partial charge in [0.1, 0.15) is 0 Å². The fourth-order valence-corrected chi connectivity index (χ4v) is 3.76. The number of oxime groups is 1. The third-order valence-electron chi connectivity index (χ3n) is 4.63. The van der Waals surface area contributed by atoms with Crippen molar-refractivity contribution < 1.29 is 5.21 Å². The molecule has 1 aromatic heterocycles. The van der Waals surface area contributed by atoms with Gasteiger partial charge >= 0.3 is 0 Å². The molecule has 0 spiro atoms. The first kappa shape index (κ1) is 19.6. The summed E-state index contributed by atoms with van der Waals surface area (Å²) in [6.07, 6.45) is 2.29. The van der Waals surface area contributed by atoms with Crippen molar-refractivity contribution in [3.8, 4) is 0 Å². The summed E-state index contributed by atoms with van der Waals surface area (Å²) in [6, 6.07) is 18.0. The number of nitrogens with zero attached hydrogens (tertiary/aromatic N) is 2. The van der Waals surface area contributed by atoms with Gasteiger partial charge in [0.2, 0.25) is 0 Å². The van der Waals surface area contributed by atoms with E-state index in [4.69, 9.17) is 11.6 Å². The molecular formula is C22H20BrClN2O. The van der Waals surface area contributed by atoms with Gasteiger partial charge in [-0.1, -0.05) is 50.9 Å². The Kier molecular flexibility index (Phi) is 6.30. The minimum Gasteiger partial charge on any atom is -0.411 e. The Balaban J connectivity index is 2.05. The highest BCUT2D eigenvalue weighted by atomic mass is 79.9. The van der Waals surface area contributed by atoms with E-state index in [2.05, 4.69) is 51.2 Å². The minimum absolute atomic E-state index is 0.0368. The molecule has 0 saturated heterocycles. The molecule has 3 nitrogen and oxygen atoms in total. The van der Waals surface area contributed by atoms with Gasteiger partial charge in [-0.05, 0) is 66.9 Å². The van der Waals surface area contributed by atoms with E-state index in [1.807, 2.05) is 43.3 Å². The molecule has 0 amide bonds. The first-order chi connectivity index (χ1) is 13.0. The summed E-state index contributed by atoms with van der Waals surface area (Å²) in [5.74, 6) is 0.0368. The van der Waals surface area contributed by atoms with Gasteiger partial charge in [0.25, 0.3) is 0 Å². The van der Waals surface area contributed by atoms with E-state index in [0.29, 0.717) is 17.2 Å². The molecule has 138 valence electrons. The molecule has 0 aliphatic carbocycles. The topological polar surface area (TPSA) is 45.5 Å². The summed E-state index contributed by atoms with van der Waals surface area (Å²) in [7, 11) is 0. The molecule has 0 aliphatic rings. The van der Waals surface area contributed by atoms with Gasteiger partial charge in [0.15, 0.2) is 0 Å². The summed E-state index contributed by atoms with van der Waals surface area (Å²) in [4.78, 5) is 4.23. The zero-order chi connectivity index (χ0) is 19.4. The lowest BCUT2D eigenvalue weighted by molar-refractivity contribution is 0.317. The van der Waals surface area contributed by atoms with Crippen LogP contribution in [0.25, 0.3) is 0 Å². The molecule has 3 rings (SSSR count). The SMILES string of the molecule is Cc1cc(/C(CC(c2ccc(Br)cc2)c2ccc(Cl)cc2C)=N\O)ccn1. The molecule has 2 aromatic carbocycles. The Hall–Kier alpha value is -2.17. The highest BCUT2D eigenvalue weighted by Gasteiger charge is 2.20. The average Bonchev–Trinajstić information content (AvgIpc) is 2.64. The van der Waals surface area contributed by atoms with Crippen molar-refractivity contribution in [1.82, 2.24) is 4.98 Å². The van der Waals surface area contributed by atoms with Crippen LogP contribution in [0.2, 0.25) is 5.02 Å². The standard InChI is InChI=1S/C22H20BrClN2O/c1-14-11-19(24)7-8-20(14)21(16-3-5-18(23)6-4-16)13-22(26-27)17-9-10-25-15(2)12-17/h3-12,21,27H,13H2,1-2H3/b26-22-. The molecule has 27 heavy (non-hydrogen) atoms. The molecule has 3 aromatic rings. The third-order valence-corrected chi connectivity index (χ3v) is 5.39. The molecule has 0 bridgehead atoms. The van der Waals surface area contributed by atoms with E-state index in [9.17, 15) is 5.21 Å². The number of aromatic nitrogens is 1. The maximum absolute atomic E-state index is 9.71. The van der Waals surface area contributed by atoms with E-state index in [1.54, 1.807) is 6.20 Å². The molecule has 5 heteroatoms. The number of halogens is 2. The third kappa shape index (κ3) is 4.76. The monoisotopic (exact) mass is 442 g/mol. The lowest BCUT2D eigenvalue weighted by Crippen LogP contribution is -2.12. The van der Waals surface area contributed by atoms with Crippen molar-refractivity contribution in [3.05, 3.63) is 98.2 Å². The summed E-state index contributed by atoms with van der Waals surface area (Å²) in [5.41, 5.74) is 5.81. The molecule has 0 radical (unpaired) electrons. The lowest BCUT2D eigenvalue weighted by atomic mass is 9.83. The van der Waals surface area contributed by atoms with Crippen LogP contribution in [-0.2, 0) is 0 Å². The van der Waals surface area contributed by atoms with Crippen LogP contribution in [0, 0.1) is 13.8 Å². The normalized spacial score (nSPS) is 12.8. The summed E-state index contributed by atoms with van der Waals surface area (Å²) >= 11 is 9.65. The fourth-order valence-electron chi connectivity index (χ4n) is 3.27. The molecule has 1 heterocycles. The maximum Gasteiger partial charge on any atom is 0.0878 e. The van der Waals surface area contributed by atoms with Crippen LogP contribution < -0.4 is 0 Å². The van der Waals surface area contributed by atoms with Gasteiger partial charge in [0, 0.05) is 39.3 Å². The Bertz CT molecular complexity index is 970. The number of aryl methyl sites for hydroxylation is 2. The van der Waals surface area contributed by atoms with Crippen LogP contribution >= 0.6 is 27.5 Å². The Morgan fingerprint density at radius 1 is 1.11 bits per heavy atom. The van der Waals surface area contributed by atoms with E-state index < -0.39 is 0 Å². The van der Waals surface area contributed by atoms with Crippen LogP contribution in [0.1, 0.15) is 40.3 Å². The second kappa shape index (κ2) is 8.68. The van der Waals surface area contributed by atoms with Crippen molar-refractivity contribution in [2.24, 2.45) is 5.16 Å². The zero-order valence-electron chi connectivity index (χ0n) is 15.2. The van der Waals surface area contributed by atoms with Crippen LogP contribution in [-0.4, -0.2) is 15.9 Å². The predicted octanol–water partition coefficient (Wildman–Crippen LogP) is 6.51. The van der Waals surface area contributed by atoms with Crippen molar-refractivity contribution in [2.75, 3.05) is 0 Å². The number of benzene rings is 2. The van der Waals surface area contributed by atoms with Crippen molar-refractivity contribution in [3.63, 3.8) is 0 Å². The van der Waals surface area contributed by atoms with Gasteiger partial charge in [-0.3, -0.25) is 4.98 Å². The first-order valence-corrected chi connectivity index (χ1v) is 9.80. The molecule has 0 saturated carbocycles. The molecular weight excluding hydrogens is 424 g/mol. The van der Waals surface area contributed by atoms with Crippen LogP contribution in [0.3, 0.4) is 0 Å². The van der Waals surface area contributed by atoms with Gasteiger partial charge < -0.3 is 5.21 Å². The number of hydrogen-bond donors (Lipinski definition) is 1.